The molecular formula is C11H5BrF3N2. The minimum Gasteiger partial charge on any atom is -0.225 e. The van der Waals surface area contributed by atoms with E-state index in [0.717, 1.165) is 10.5 Å². The highest BCUT2D eigenvalue weighted by Crippen LogP contribution is 2.29. The molecular weight excluding hydrogens is 297 g/mol. The quantitative estimate of drug-likeness (QED) is 0.802. The van der Waals surface area contributed by atoms with E-state index in [1.807, 2.05) is 6.33 Å². The Kier molecular flexibility index (Phi) is 3.15. The molecule has 0 aliphatic heterocycles. The maximum atomic E-state index is 12.4. The molecule has 1 heterocycles. The first-order valence-corrected chi connectivity index (χ1v) is 5.34. The maximum absolute atomic E-state index is 12.4. The summed E-state index contributed by atoms with van der Waals surface area (Å²) >= 11 is 3.24. The van der Waals surface area contributed by atoms with Gasteiger partial charge in [-0.15, -0.1) is 0 Å². The summed E-state index contributed by atoms with van der Waals surface area (Å²) < 4.78 is 38.1. The van der Waals surface area contributed by atoms with E-state index in [4.69, 9.17) is 0 Å². The highest BCUT2D eigenvalue weighted by Gasteiger charge is 2.32. The number of benzene rings is 1. The van der Waals surface area contributed by atoms with Gasteiger partial charge in [0.1, 0.15) is 5.69 Å². The van der Waals surface area contributed by atoms with Crippen molar-refractivity contribution in [3.8, 4) is 11.3 Å². The van der Waals surface area contributed by atoms with Crippen LogP contribution in [0.25, 0.3) is 11.3 Å². The predicted octanol–water partition coefficient (Wildman–Crippen LogP) is 3.73. The third-order valence-corrected chi connectivity index (χ3v) is 2.57. The van der Waals surface area contributed by atoms with E-state index in [0.29, 0.717) is 5.56 Å². The molecule has 1 aromatic carbocycles. The Morgan fingerprint density at radius 1 is 1.06 bits per heavy atom. The molecule has 1 radical (unpaired) electrons. The van der Waals surface area contributed by atoms with Crippen LogP contribution in [0.4, 0.5) is 13.2 Å². The van der Waals surface area contributed by atoms with Crippen molar-refractivity contribution in [1.82, 2.24) is 9.97 Å². The standard InChI is InChI=1S/C11H5BrF3N2/c12-8-3-1-7(2-4-8)9-5-10(11(13,14)15)17-6-16-9/h1-5H. The van der Waals surface area contributed by atoms with Crippen LogP contribution in [0.2, 0.25) is 0 Å². The molecule has 0 saturated heterocycles. The van der Waals surface area contributed by atoms with Crippen molar-refractivity contribution in [3.63, 3.8) is 0 Å². The van der Waals surface area contributed by atoms with Gasteiger partial charge in [-0.1, -0.05) is 28.1 Å². The average molecular weight is 302 g/mol. The fourth-order valence-electron chi connectivity index (χ4n) is 1.24. The van der Waals surface area contributed by atoms with Crippen LogP contribution in [0, 0.1) is 6.33 Å². The largest absolute Gasteiger partial charge is 0.433 e. The summed E-state index contributed by atoms with van der Waals surface area (Å²) in [5, 5.41) is 0. The summed E-state index contributed by atoms with van der Waals surface area (Å²) in [5.74, 6) is 0. The van der Waals surface area contributed by atoms with Gasteiger partial charge in [-0.3, -0.25) is 0 Å². The van der Waals surface area contributed by atoms with Crippen molar-refractivity contribution < 1.29 is 13.2 Å². The van der Waals surface area contributed by atoms with Gasteiger partial charge in [0.25, 0.3) is 0 Å². The number of hydrogen-bond acceptors (Lipinski definition) is 2. The molecule has 0 aliphatic carbocycles. The fraction of sp³-hybridized carbons (Fsp3) is 0.0909. The maximum Gasteiger partial charge on any atom is 0.433 e. The van der Waals surface area contributed by atoms with Gasteiger partial charge in [-0.05, 0) is 18.2 Å². The number of halogens is 4. The highest BCUT2D eigenvalue weighted by atomic mass is 79.9. The molecule has 6 heteroatoms. The number of aromatic nitrogens is 2. The van der Waals surface area contributed by atoms with Gasteiger partial charge in [-0.2, -0.15) is 13.2 Å². The van der Waals surface area contributed by atoms with Crippen LogP contribution in [0.1, 0.15) is 5.69 Å². The first-order chi connectivity index (χ1) is 7.97. The van der Waals surface area contributed by atoms with Crippen LogP contribution < -0.4 is 0 Å². The Morgan fingerprint density at radius 3 is 2.29 bits per heavy atom. The summed E-state index contributed by atoms with van der Waals surface area (Å²) in [7, 11) is 0. The lowest BCUT2D eigenvalue weighted by molar-refractivity contribution is -0.141. The molecule has 0 fully saturated rings. The van der Waals surface area contributed by atoms with E-state index in [9.17, 15) is 13.2 Å². The summed E-state index contributed by atoms with van der Waals surface area (Å²) in [6, 6.07) is 7.69. The molecule has 17 heavy (non-hydrogen) atoms. The summed E-state index contributed by atoms with van der Waals surface area (Å²) in [5.41, 5.74) is -0.220. The van der Waals surface area contributed by atoms with Crippen molar-refractivity contribution in [2.45, 2.75) is 6.18 Å². The van der Waals surface area contributed by atoms with Crippen molar-refractivity contribution in [2.24, 2.45) is 0 Å². The van der Waals surface area contributed by atoms with Gasteiger partial charge < -0.3 is 0 Å². The smallest absolute Gasteiger partial charge is 0.225 e. The van der Waals surface area contributed by atoms with Crippen LogP contribution in [-0.2, 0) is 6.18 Å². The molecule has 0 atom stereocenters. The third kappa shape index (κ3) is 2.82. The Hall–Kier alpha value is -1.43. The SMILES string of the molecule is FC(F)(F)c1cc(-c2ccc(Br)cc2)n[c]n1. The van der Waals surface area contributed by atoms with Crippen LogP contribution in [0.15, 0.2) is 34.8 Å². The van der Waals surface area contributed by atoms with Gasteiger partial charge in [0.05, 0.1) is 5.69 Å². The first-order valence-electron chi connectivity index (χ1n) is 4.55. The topological polar surface area (TPSA) is 25.8 Å². The van der Waals surface area contributed by atoms with Gasteiger partial charge in [-0.25, -0.2) is 9.97 Å². The summed E-state index contributed by atoms with van der Waals surface area (Å²) in [6.07, 6.45) is -2.47. The van der Waals surface area contributed by atoms with E-state index >= 15 is 0 Å². The Morgan fingerprint density at radius 2 is 1.71 bits per heavy atom. The van der Waals surface area contributed by atoms with Gasteiger partial charge >= 0.3 is 6.18 Å². The lowest BCUT2D eigenvalue weighted by Gasteiger charge is -2.06. The van der Waals surface area contributed by atoms with Crippen molar-refractivity contribution in [1.29, 1.82) is 0 Å². The van der Waals surface area contributed by atoms with Crippen molar-refractivity contribution in [2.75, 3.05) is 0 Å². The second-order valence-corrected chi connectivity index (χ2v) is 4.16. The molecule has 2 rings (SSSR count). The van der Waals surface area contributed by atoms with Gasteiger partial charge in [0.2, 0.25) is 0 Å². The molecule has 0 bridgehead atoms. The minimum atomic E-state index is -4.48. The molecule has 0 amide bonds. The predicted molar refractivity (Wildman–Crippen MR) is 59.0 cm³/mol. The molecule has 0 aliphatic rings. The van der Waals surface area contributed by atoms with Gasteiger partial charge in [0.15, 0.2) is 6.33 Å². The molecule has 2 nitrogen and oxygen atoms in total. The Labute approximate surface area is 104 Å². The molecule has 1 aromatic heterocycles. The van der Waals surface area contributed by atoms with Crippen LogP contribution >= 0.6 is 15.9 Å². The van der Waals surface area contributed by atoms with Crippen molar-refractivity contribution in [3.05, 3.63) is 46.8 Å². The fourth-order valence-corrected chi connectivity index (χ4v) is 1.50. The zero-order chi connectivity index (χ0) is 12.5. The minimum absolute atomic E-state index is 0.194. The van der Waals surface area contributed by atoms with E-state index in [2.05, 4.69) is 25.9 Å². The number of alkyl halides is 3. The normalized spacial score (nSPS) is 11.5. The van der Waals surface area contributed by atoms with Crippen LogP contribution in [-0.4, -0.2) is 9.97 Å². The highest BCUT2D eigenvalue weighted by molar-refractivity contribution is 9.10. The Bertz CT molecular complexity index is 523. The third-order valence-electron chi connectivity index (χ3n) is 2.04. The van der Waals surface area contributed by atoms with Crippen LogP contribution in [0.3, 0.4) is 0 Å². The summed E-state index contributed by atoms with van der Waals surface area (Å²) in [4.78, 5) is 6.78. The van der Waals surface area contributed by atoms with E-state index < -0.39 is 11.9 Å². The zero-order valence-corrected chi connectivity index (χ0v) is 9.88. The lowest BCUT2D eigenvalue weighted by Crippen LogP contribution is -2.08. The molecule has 0 unspecified atom stereocenters. The molecule has 87 valence electrons. The molecule has 2 aromatic rings. The molecule has 0 saturated carbocycles. The summed E-state index contributed by atoms with van der Waals surface area (Å²) in [6.45, 7) is 0. The lowest BCUT2D eigenvalue weighted by atomic mass is 10.1. The molecule has 0 spiro atoms. The van der Waals surface area contributed by atoms with E-state index in [-0.39, 0.29) is 5.69 Å². The number of nitrogens with zero attached hydrogens (tertiary/aromatic N) is 2. The van der Waals surface area contributed by atoms with Crippen molar-refractivity contribution >= 4 is 15.9 Å². The monoisotopic (exact) mass is 301 g/mol. The first kappa shape index (κ1) is 12.0. The average Bonchev–Trinajstić information content (AvgIpc) is 2.29. The molecule has 0 N–H and O–H groups in total. The number of rotatable bonds is 1. The van der Waals surface area contributed by atoms with Gasteiger partial charge in [0, 0.05) is 10.0 Å². The van der Waals surface area contributed by atoms with Crippen LogP contribution in [0.5, 0.6) is 0 Å². The van der Waals surface area contributed by atoms with E-state index in [1.165, 1.54) is 0 Å². The second-order valence-electron chi connectivity index (χ2n) is 3.24. The zero-order valence-electron chi connectivity index (χ0n) is 8.29. The second kappa shape index (κ2) is 4.44. The number of hydrogen-bond donors (Lipinski definition) is 0. The van der Waals surface area contributed by atoms with E-state index in [1.54, 1.807) is 24.3 Å². The Balaban J connectivity index is 2.43.